The van der Waals surface area contributed by atoms with E-state index in [0.29, 0.717) is 0 Å². The van der Waals surface area contributed by atoms with Crippen LogP contribution in [0.15, 0.2) is 24.3 Å². The number of aliphatic hydroxyl groups excluding tert-OH is 1. The maximum atomic E-state index is 8.59. The second-order valence-electron chi connectivity index (χ2n) is 3.05. The number of hydrogen-bond acceptors (Lipinski definition) is 2. The maximum absolute atomic E-state index is 8.59. The van der Waals surface area contributed by atoms with E-state index in [1.165, 1.54) is 5.56 Å². The van der Waals surface area contributed by atoms with Gasteiger partial charge in [0.2, 0.25) is 0 Å². The zero-order valence-corrected chi connectivity index (χ0v) is 8.09. The average molecular weight is 179 g/mol. The molecule has 0 radical (unpaired) electrons. The van der Waals surface area contributed by atoms with E-state index in [9.17, 15) is 0 Å². The molecule has 2 N–H and O–H groups in total. The van der Waals surface area contributed by atoms with Gasteiger partial charge in [0.05, 0.1) is 0 Å². The van der Waals surface area contributed by atoms with Crippen LogP contribution < -0.4 is 5.32 Å². The molecular formula is C11H17NO. The minimum absolute atomic E-state index is 0.250. The average Bonchev–Trinajstić information content (AvgIpc) is 2.19. The lowest BCUT2D eigenvalue weighted by atomic mass is 10.1. The van der Waals surface area contributed by atoms with Gasteiger partial charge in [0.25, 0.3) is 0 Å². The van der Waals surface area contributed by atoms with Crippen molar-refractivity contribution in [2.75, 3.05) is 18.5 Å². The molecule has 0 heterocycles. The van der Waals surface area contributed by atoms with Crippen molar-refractivity contribution in [3.8, 4) is 0 Å². The first-order valence-electron chi connectivity index (χ1n) is 4.80. The summed E-state index contributed by atoms with van der Waals surface area (Å²) in [5.74, 6) is 0. The summed E-state index contributed by atoms with van der Waals surface area (Å²) in [6.07, 6.45) is 1.88. The predicted octanol–water partition coefficient (Wildman–Crippen LogP) is 2.04. The van der Waals surface area contributed by atoms with E-state index < -0.39 is 0 Å². The lowest BCUT2D eigenvalue weighted by Crippen LogP contribution is -2.03. The standard InChI is InChI=1S/C11H17NO/c1-2-10-4-6-11(7-5-10)12-8-3-9-13/h4-7,12-13H,2-3,8-9H2,1H3. The number of rotatable bonds is 5. The van der Waals surface area contributed by atoms with Crippen molar-refractivity contribution >= 4 is 5.69 Å². The van der Waals surface area contributed by atoms with Crippen LogP contribution in [-0.4, -0.2) is 18.3 Å². The van der Waals surface area contributed by atoms with Gasteiger partial charge in [0, 0.05) is 18.8 Å². The highest BCUT2D eigenvalue weighted by Gasteiger charge is 1.91. The molecule has 1 aromatic rings. The normalized spacial score (nSPS) is 10.0. The summed E-state index contributed by atoms with van der Waals surface area (Å²) in [4.78, 5) is 0. The fourth-order valence-corrected chi connectivity index (χ4v) is 1.17. The maximum Gasteiger partial charge on any atom is 0.0447 e. The molecule has 0 aliphatic heterocycles. The lowest BCUT2D eigenvalue weighted by Gasteiger charge is -2.05. The van der Waals surface area contributed by atoms with Crippen molar-refractivity contribution in [2.24, 2.45) is 0 Å². The van der Waals surface area contributed by atoms with Crippen molar-refractivity contribution < 1.29 is 5.11 Å². The number of aliphatic hydroxyl groups is 1. The van der Waals surface area contributed by atoms with Crippen LogP contribution in [0.3, 0.4) is 0 Å². The van der Waals surface area contributed by atoms with Crippen molar-refractivity contribution in [1.29, 1.82) is 0 Å². The Morgan fingerprint density at radius 1 is 1.23 bits per heavy atom. The third-order valence-electron chi connectivity index (χ3n) is 2.03. The fourth-order valence-electron chi connectivity index (χ4n) is 1.17. The molecule has 0 fully saturated rings. The Balaban J connectivity index is 2.40. The minimum atomic E-state index is 0.250. The predicted molar refractivity (Wildman–Crippen MR) is 56.0 cm³/mol. The Morgan fingerprint density at radius 2 is 1.92 bits per heavy atom. The van der Waals surface area contributed by atoms with Crippen LogP contribution in [0, 0.1) is 0 Å². The van der Waals surface area contributed by atoms with Gasteiger partial charge in [0.1, 0.15) is 0 Å². The topological polar surface area (TPSA) is 32.3 Å². The van der Waals surface area contributed by atoms with Gasteiger partial charge in [-0.15, -0.1) is 0 Å². The summed E-state index contributed by atoms with van der Waals surface area (Å²) in [5.41, 5.74) is 2.48. The molecule has 72 valence electrons. The quantitative estimate of drug-likeness (QED) is 0.678. The number of benzene rings is 1. The molecule has 0 aliphatic carbocycles. The summed E-state index contributed by atoms with van der Waals surface area (Å²) >= 11 is 0. The molecule has 1 aromatic carbocycles. The van der Waals surface area contributed by atoms with Gasteiger partial charge in [0.15, 0.2) is 0 Å². The number of aryl methyl sites for hydroxylation is 1. The van der Waals surface area contributed by atoms with Crippen molar-refractivity contribution in [3.05, 3.63) is 29.8 Å². The highest BCUT2D eigenvalue weighted by Crippen LogP contribution is 2.09. The van der Waals surface area contributed by atoms with Gasteiger partial charge >= 0.3 is 0 Å². The third-order valence-corrected chi connectivity index (χ3v) is 2.03. The molecular weight excluding hydrogens is 162 g/mol. The van der Waals surface area contributed by atoms with E-state index in [4.69, 9.17) is 5.11 Å². The van der Waals surface area contributed by atoms with Crippen LogP contribution >= 0.6 is 0 Å². The van der Waals surface area contributed by atoms with Crippen LogP contribution in [-0.2, 0) is 6.42 Å². The Hall–Kier alpha value is -1.02. The molecule has 0 amide bonds. The largest absolute Gasteiger partial charge is 0.396 e. The first-order chi connectivity index (χ1) is 6.36. The molecule has 0 unspecified atom stereocenters. The van der Waals surface area contributed by atoms with E-state index in [0.717, 1.165) is 25.1 Å². The smallest absolute Gasteiger partial charge is 0.0447 e. The first-order valence-corrected chi connectivity index (χ1v) is 4.80. The monoisotopic (exact) mass is 179 g/mol. The third kappa shape index (κ3) is 3.47. The van der Waals surface area contributed by atoms with Crippen LogP contribution in [0.5, 0.6) is 0 Å². The summed E-state index contributed by atoms with van der Waals surface area (Å²) in [7, 11) is 0. The Morgan fingerprint density at radius 3 is 2.46 bits per heavy atom. The fraction of sp³-hybridized carbons (Fsp3) is 0.455. The molecule has 2 nitrogen and oxygen atoms in total. The Labute approximate surface area is 79.6 Å². The van der Waals surface area contributed by atoms with Gasteiger partial charge in [-0.3, -0.25) is 0 Å². The Kier molecular flexibility index (Phi) is 4.33. The molecule has 0 spiro atoms. The summed E-state index contributed by atoms with van der Waals surface area (Å²) in [6, 6.07) is 8.41. The zero-order valence-electron chi connectivity index (χ0n) is 8.09. The van der Waals surface area contributed by atoms with Gasteiger partial charge in [-0.1, -0.05) is 19.1 Å². The molecule has 0 atom stereocenters. The van der Waals surface area contributed by atoms with Crippen LogP contribution in [0.4, 0.5) is 5.69 Å². The van der Waals surface area contributed by atoms with Crippen molar-refractivity contribution in [2.45, 2.75) is 19.8 Å². The molecule has 2 heteroatoms. The van der Waals surface area contributed by atoms with E-state index >= 15 is 0 Å². The minimum Gasteiger partial charge on any atom is -0.396 e. The molecule has 13 heavy (non-hydrogen) atoms. The van der Waals surface area contributed by atoms with E-state index in [2.05, 4.69) is 36.5 Å². The van der Waals surface area contributed by atoms with Gasteiger partial charge in [-0.25, -0.2) is 0 Å². The summed E-state index contributed by atoms with van der Waals surface area (Å²) < 4.78 is 0. The highest BCUT2D eigenvalue weighted by molar-refractivity contribution is 5.44. The second kappa shape index (κ2) is 5.60. The second-order valence-corrected chi connectivity index (χ2v) is 3.05. The summed E-state index contributed by atoms with van der Waals surface area (Å²) in [6.45, 7) is 3.23. The number of hydrogen-bond donors (Lipinski definition) is 2. The molecule has 1 rings (SSSR count). The van der Waals surface area contributed by atoms with Crippen molar-refractivity contribution in [3.63, 3.8) is 0 Å². The summed E-state index contributed by atoms with van der Waals surface area (Å²) in [5, 5.41) is 11.8. The highest BCUT2D eigenvalue weighted by atomic mass is 16.3. The van der Waals surface area contributed by atoms with Gasteiger partial charge in [-0.2, -0.15) is 0 Å². The van der Waals surface area contributed by atoms with E-state index in [-0.39, 0.29) is 6.61 Å². The van der Waals surface area contributed by atoms with Crippen molar-refractivity contribution in [1.82, 2.24) is 0 Å². The zero-order chi connectivity index (χ0) is 9.52. The SMILES string of the molecule is CCc1ccc(NCCCO)cc1. The van der Waals surface area contributed by atoms with Gasteiger partial charge < -0.3 is 10.4 Å². The van der Waals surface area contributed by atoms with Gasteiger partial charge in [-0.05, 0) is 30.5 Å². The number of nitrogens with one attached hydrogen (secondary N) is 1. The molecule has 0 aromatic heterocycles. The lowest BCUT2D eigenvalue weighted by molar-refractivity contribution is 0.292. The van der Waals surface area contributed by atoms with E-state index in [1.807, 2.05) is 0 Å². The molecule has 0 saturated heterocycles. The molecule has 0 aliphatic rings. The van der Waals surface area contributed by atoms with Crippen LogP contribution in [0.25, 0.3) is 0 Å². The molecule has 0 bridgehead atoms. The molecule has 0 saturated carbocycles. The van der Waals surface area contributed by atoms with Crippen LogP contribution in [0.2, 0.25) is 0 Å². The first kappa shape index (κ1) is 10.1. The Bertz CT molecular complexity index is 230. The van der Waals surface area contributed by atoms with E-state index in [1.54, 1.807) is 0 Å². The number of anilines is 1. The van der Waals surface area contributed by atoms with Crippen LogP contribution in [0.1, 0.15) is 18.9 Å².